The first-order valence-electron chi connectivity index (χ1n) is 2.97. The molecule has 1 rings (SSSR count). The molecule has 1 heterocycles. The van der Waals surface area contributed by atoms with Gasteiger partial charge in [-0.2, -0.15) is 0 Å². The van der Waals surface area contributed by atoms with Gasteiger partial charge >= 0.3 is 0 Å². The van der Waals surface area contributed by atoms with Crippen LogP contribution in [0.4, 0.5) is 0 Å². The van der Waals surface area contributed by atoms with Gasteiger partial charge in [-0.3, -0.25) is 4.79 Å². The van der Waals surface area contributed by atoms with Gasteiger partial charge in [0.1, 0.15) is 4.60 Å². The van der Waals surface area contributed by atoms with Gasteiger partial charge in [0, 0.05) is 11.8 Å². The van der Waals surface area contributed by atoms with Crippen LogP contribution in [0.2, 0.25) is 0 Å². The zero-order valence-corrected chi connectivity index (χ0v) is 7.71. The first-order valence-corrected chi connectivity index (χ1v) is 3.76. The quantitative estimate of drug-likeness (QED) is 0.568. The van der Waals surface area contributed by atoms with E-state index < -0.39 is 0 Å². The number of pyridine rings is 1. The number of halogens is 1. The lowest BCUT2D eigenvalue weighted by molar-refractivity contribution is 0.112. The smallest absolute Gasteiger partial charge is 0.151 e. The molecule has 0 aliphatic heterocycles. The summed E-state index contributed by atoms with van der Waals surface area (Å²) in [5.74, 6) is 0. The van der Waals surface area contributed by atoms with Crippen LogP contribution in [0.5, 0.6) is 0 Å². The van der Waals surface area contributed by atoms with E-state index in [0.717, 1.165) is 10.9 Å². The summed E-state index contributed by atoms with van der Waals surface area (Å²) in [7, 11) is 1.50. The van der Waals surface area contributed by atoms with E-state index in [-0.39, 0.29) is 0 Å². The Morgan fingerprint density at radius 1 is 1.55 bits per heavy atom. The van der Waals surface area contributed by atoms with E-state index in [0.29, 0.717) is 5.56 Å². The molecule has 2 N–H and O–H groups in total. The number of nitrogens with two attached hydrogens (primary N) is 1. The third-order valence-corrected chi connectivity index (χ3v) is 1.36. The van der Waals surface area contributed by atoms with Crippen LogP contribution in [0.1, 0.15) is 10.4 Å². The minimum absolute atomic E-state index is 0.596. The number of aldehydes is 1. The topological polar surface area (TPSA) is 56.0 Å². The Morgan fingerprint density at radius 2 is 2.18 bits per heavy atom. The maximum atomic E-state index is 10.1. The summed E-state index contributed by atoms with van der Waals surface area (Å²) < 4.78 is 0.744. The maximum Gasteiger partial charge on any atom is 0.151 e. The van der Waals surface area contributed by atoms with Crippen molar-refractivity contribution < 1.29 is 4.79 Å². The number of nitrogens with zero attached hydrogens (tertiary/aromatic N) is 1. The fourth-order valence-electron chi connectivity index (χ4n) is 0.457. The lowest BCUT2D eigenvalue weighted by Gasteiger charge is -1.87. The maximum absolute atomic E-state index is 10.1. The van der Waals surface area contributed by atoms with E-state index in [1.807, 2.05) is 0 Å². The predicted molar refractivity (Wildman–Crippen MR) is 47.4 cm³/mol. The van der Waals surface area contributed by atoms with E-state index in [9.17, 15) is 4.79 Å². The van der Waals surface area contributed by atoms with Crippen molar-refractivity contribution in [1.82, 2.24) is 4.98 Å². The average molecular weight is 217 g/mol. The molecule has 0 unspecified atom stereocenters. The minimum atomic E-state index is 0.596. The van der Waals surface area contributed by atoms with Crippen molar-refractivity contribution in [3.8, 4) is 0 Å². The van der Waals surface area contributed by atoms with Gasteiger partial charge < -0.3 is 5.73 Å². The molecule has 0 amide bonds. The number of rotatable bonds is 1. The molecule has 0 atom stereocenters. The van der Waals surface area contributed by atoms with Gasteiger partial charge in [0.25, 0.3) is 0 Å². The molecule has 0 saturated heterocycles. The fourth-order valence-corrected chi connectivity index (χ4v) is 0.692. The first kappa shape index (κ1) is 10.3. The van der Waals surface area contributed by atoms with Gasteiger partial charge in [0.2, 0.25) is 0 Å². The molecule has 0 aliphatic carbocycles. The largest absolute Gasteiger partial charge is 0.333 e. The molecule has 0 spiro atoms. The Morgan fingerprint density at radius 3 is 2.55 bits per heavy atom. The van der Waals surface area contributed by atoms with E-state index in [1.165, 1.54) is 13.2 Å². The lowest BCUT2D eigenvalue weighted by Crippen LogP contribution is -1.80. The second-order valence-corrected chi connectivity index (χ2v) is 2.34. The third kappa shape index (κ3) is 3.85. The van der Waals surface area contributed by atoms with Crippen LogP contribution in [-0.2, 0) is 0 Å². The number of hydrogen-bond acceptors (Lipinski definition) is 3. The number of aromatic nitrogens is 1. The molecule has 0 aliphatic rings. The summed E-state index contributed by atoms with van der Waals surface area (Å²) in [4.78, 5) is 13.9. The summed E-state index contributed by atoms with van der Waals surface area (Å²) in [6.07, 6.45) is 2.27. The molecule has 0 aromatic carbocycles. The van der Waals surface area contributed by atoms with E-state index in [1.54, 1.807) is 12.1 Å². The average Bonchev–Trinajstić information content (AvgIpc) is 2.10. The van der Waals surface area contributed by atoms with Crippen LogP contribution < -0.4 is 5.73 Å². The van der Waals surface area contributed by atoms with Crippen molar-refractivity contribution in [3.63, 3.8) is 0 Å². The van der Waals surface area contributed by atoms with Gasteiger partial charge in [-0.05, 0) is 35.1 Å². The molecular formula is C7H9BrN2O. The zero-order chi connectivity index (χ0) is 8.69. The Bertz CT molecular complexity index is 210. The van der Waals surface area contributed by atoms with Crippen molar-refractivity contribution in [2.45, 2.75) is 0 Å². The second-order valence-electron chi connectivity index (χ2n) is 1.53. The van der Waals surface area contributed by atoms with E-state index in [4.69, 9.17) is 0 Å². The second kappa shape index (κ2) is 6.00. The zero-order valence-electron chi connectivity index (χ0n) is 6.12. The fraction of sp³-hybridized carbons (Fsp3) is 0.143. The summed E-state index contributed by atoms with van der Waals surface area (Å²) in [5.41, 5.74) is 5.10. The van der Waals surface area contributed by atoms with Crippen molar-refractivity contribution in [1.29, 1.82) is 0 Å². The van der Waals surface area contributed by atoms with Crippen LogP contribution in [0.25, 0.3) is 0 Å². The molecule has 0 radical (unpaired) electrons. The molecule has 1 aromatic heterocycles. The highest BCUT2D eigenvalue weighted by Crippen LogP contribution is 2.03. The minimum Gasteiger partial charge on any atom is -0.333 e. The normalized spacial score (nSPS) is 7.91. The molecule has 0 saturated carbocycles. The van der Waals surface area contributed by atoms with Gasteiger partial charge in [-0.25, -0.2) is 4.98 Å². The Balaban J connectivity index is 0.000000461. The first-order chi connectivity index (χ1) is 5.33. The van der Waals surface area contributed by atoms with Crippen molar-refractivity contribution in [2.75, 3.05) is 7.05 Å². The summed E-state index contributed by atoms with van der Waals surface area (Å²) in [6.45, 7) is 0. The van der Waals surface area contributed by atoms with Gasteiger partial charge in [0.05, 0.1) is 0 Å². The lowest BCUT2D eigenvalue weighted by atomic mass is 10.3. The Hall–Kier alpha value is -0.740. The molecule has 3 nitrogen and oxygen atoms in total. The Kier molecular flexibility index (Phi) is 5.60. The van der Waals surface area contributed by atoms with Crippen LogP contribution in [-0.4, -0.2) is 18.3 Å². The molecule has 0 bridgehead atoms. The van der Waals surface area contributed by atoms with E-state index >= 15 is 0 Å². The van der Waals surface area contributed by atoms with Crippen LogP contribution >= 0.6 is 15.9 Å². The number of carbonyl (C=O) groups excluding carboxylic acids is 1. The van der Waals surface area contributed by atoms with Gasteiger partial charge in [0.15, 0.2) is 6.29 Å². The highest BCUT2D eigenvalue weighted by Gasteiger charge is 1.87. The SMILES string of the molecule is CN.O=Cc1ccc(Br)nc1. The summed E-state index contributed by atoms with van der Waals surface area (Å²) in [5, 5.41) is 0. The Labute approximate surface area is 73.8 Å². The van der Waals surface area contributed by atoms with Crippen LogP contribution in [0, 0.1) is 0 Å². The third-order valence-electron chi connectivity index (χ3n) is 0.886. The van der Waals surface area contributed by atoms with Gasteiger partial charge in [-0.15, -0.1) is 0 Å². The highest BCUT2D eigenvalue weighted by molar-refractivity contribution is 9.10. The van der Waals surface area contributed by atoms with Crippen molar-refractivity contribution in [2.24, 2.45) is 5.73 Å². The standard InChI is InChI=1S/C6H4BrNO.CH5N/c7-6-2-1-5(4-9)3-8-6;1-2/h1-4H;2H2,1H3. The van der Waals surface area contributed by atoms with E-state index in [2.05, 4.69) is 26.6 Å². The molecule has 11 heavy (non-hydrogen) atoms. The molecular weight excluding hydrogens is 208 g/mol. The molecule has 4 heteroatoms. The highest BCUT2D eigenvalue weighted by atomic mass is 79.9. The van der Waals surface area contributed by atoms with Gasteiger partial charge in [-0.1, -0.05) is 0 Å². The van der Waals surface area contributed by atoms with Crippen LogP contribution in [0.3, 0.4) is 0 Å². The summed E-state index contributed by atoms with van der Waals surface area (Å²) >= 11 is 3.15. The summed E-state index contributed by atoms with van der Waals surface area (Å²) in [6, 6.07) is 3.42. The molecule has 0 fully saturated rings. The number of hydrogen-bond donors (Lipinski definition) is 1. The van der Waals surface area contributed by atoms with Crippen molar-refractivity contribution in [3.05, 3.63) is 28.5 Å². The molecule has 1 aromatic rings. The van der Waals surface area contributed by atoms with Crippen molar-refractivity contribution >= 4 is 22.2 Å². The predicted octanol–water partition coefficient (Wildman–Crippen LogP) is 1.23. The number of carbonyl (C=O) groups is 1. The monoisotopic (exact) mass is 216 g/mol. The molecule has 60 valence electrons. The van der Waals surface area contributed by atoms with Crippen LogP contribution in [0.15, 0.2) is 22.9 Å².